The van der Waals surface area contributed by atoms with E-state index < -0.39 is 0 Å². The average molecular weight is 331 g/mol. The van der Waals surface area contributed by atoms with Crippen LogP contribution in [-0.4, -0.2) is 21.1 Å². The SMILES string of the molecule is S=c1[nH]nc(-c2ccc(Cl)cc2)n1/N=C/C=C/c1ccco1. The van der Waals surface area contributed by atoms with Gasteiger partial charge in [0.25, 0.3) is 0 Å². The van der Waals surface area contributed by atoms with Gasteiger partial charge in [-0.1, -0.05) is 11.6 Å². The molecule has 0 aliphatic carbocycles. The zero-order valence-electron chi connectivity index (χ0n) is 11.3. The fourth-order valence-corrected chi connectivity index (χ4v) is 2.12. The first-order valence-corrected chi connectivity index (χ1v) is 7.20. The molecule has 2 heterocycles. The normalized spacial score (nSPS) is 11.7. The Hall–Kier alpha value is -2.44. The number of benzene rings is 1. The van der Waals surface area contributed by atoms with Crippen molar-refractivity contribution in [3.63, 3.8) is 0 Å². The minimum absolute atomic E-state index is 0.410. The fourth-order valence-electron chi connectivity index (χ4n) is 1.81. The maximum atomic E-state index is 5.89. The van der Waals surface area contributed by atoms with Crippen LogP contribution >= 0.6 is 23.8 Å². The summed E-state index contributed by atoms with van der Waals surface area (Å²) < 4.78 is 7.15. The van der Waals surface area contributed by atoms with Crippen LogP contribution in [0.5, 0.6) is 0 Å². The zero-order valence-corrected chi connectivity index (χ0v) is 12.9. The van der Waals surface area contributed by atoms with Crippen LogP contribution in [0.15, 0.2) is 58.3 Å². The van der Waals surface area contributed by atoms with Crippen molar-refractivity contribution >= 4 is 36.1 Å². The first-order chi connectivity index (χ1) is 10.7. The van der Waals surface area contributed by atoms with Crippen LogP contribution in [0.2, 0.25) is 5.02 Å². The van der Waals surface area contributed by atoms with Gasteiger partial charge in [0.1, 0.15) is 5.76 Å². The number of halogens is 1. The minimum atomic E-state index is 0.410. The van der Waals surface area contributed by atoms with E-state index in [9.17, 15) is 0 Å². The molecule has 3 rings (SSSR count). The molecule has 0 bridgehead atoms. The van der Waals surface area contributed by atoms with E-state index in [4.69, 9.17) is 28.2 Å². The molecule has 0 saturated heterocycles. The third-order valence-electron chi connectivity index (χ3n) is 2.82. The Morgan fingerprint density at radius 1 is 1.27 bits per heavy atom. The van der Waals surface area contributed by atoms with E-state index >= 15 is 0 Å². The van der Waals surface area contributed by atoms with Gasteiger partial charge in [0.15, 0.2) is 5.82 Å². The number of hydrogen-bond donors (Lipinski definition) is 1. The fraction of sp³-hybridized carbons (Fsp3) is 0. The molecule has 0 atom stereocenters. The topological polar surface area (TPSA) is 59.1 Å². The van der Waals surface area contributed by atoms with Gasteiger partial charge in [-0.2, -0.15) is 14.9 Å². The van der Waals surface area contributed by atoms with Crippen molar-refractivity contribution < 1.29 is 4.42 Å². The van der Waals surface area contributed by atoms with Crippen LogP contribution in [0.4, 0.5) is 0 Å². The number of aromatic amines is 1. The number of furan rings is 1. The summed E-state index contributed by atoms with van der Waals surface area (Å²) >= 11 is 11.1. The quantitative estimate of drug-likeness (QED) is 0.569. The number of aromatic nitrogens is 3. The number of H-pyrrole nitrogens is 1. The summed E-state index contributed by atoms with van der Waals surface area (Å²) in [5.74, 6) is 1.37. The van der Waals surface area contributed by atoms with Crippen molar-refractivity contribution in [2.45, 2.75) is 0 Å². The van der Waals surface area contributed by atoms with E-state index in [-0.39, 0.29) is 0 Å². The first kappa shape index (κ1) is 14.5. The Labute approximate surface area is 136 Å². The molecule has 22 heavy (non-hydrogen) atoms. The summed E-state index contributed by atoms with van der Waals surface area (Å²) in [7, 11) is 0. The predicted octanol–water partition coefficient (Wildman–Crippen LogP) is 4.40. The molecule has 0 saturated carbocycles. The second-order valence-corrected chi connectivity index (χ2v) is 5.13. The highest BCUT2D eigenvalue weighted by atomic mass is 35.5. The summed E-state index contributed by atoms with van der Waals surface area (Å²) in [4.78, 5) is 0. The number of hydrogen-bond acceptors (Lipinski definition) is 4. The molecule has 0 aliphatic heterocycles. The maximum Gasteiger partial charge on any atom is 0.216 e. The molecule has 0 spiro atoms. The van der Waals surface area contributed by atoms with Gasteiger partial charge < -0.3 is 4.42 Å². The minimum Gasteiger partial charge on any atom is -0.465 e. The van der Waals surface area contributed by atoms with Crippen molar-refractivity contribution in [2.75, 3.05) is 0 Å². The highest BCUT2D eigenvalue weighted by Gasteiger charge is 2.07. The van der Waals surface area contributed by atoms with E-state index in [1.54, 1.807) is 41.4 Å². The smallest absolute Gasteiger partial charge is 0.216 e. The van der Waals surface area contributed by atoms with Crippen LogP contribution in [0.25, 0.3) is 17.5 Å². The lowest BCUT2D eigenvalue weighted by molar-refractivity contribution is 0.557. The van der Waals surface area contributed by atoms with Crippen LogP contribution in [0.1, 0.15) is 5.76 Å². The molecular weight excluding hydrogens is 320 g/mol. The summed E-state index contributed by atoms with van der Waals surface area (Å²) in [6, 6.07) is 11.0. The summed E-state index contributed by atoms with van der Waals surface area (Å²) in [6.45, 7) is 0. The van der Waals surface area contributed by atoms with Gasteiger partial charge in [-0.15, -0.1) is 0 Å². The lowest BCUT2D eigenvalue weighted by Gasteiger charge is -2.00. The average Bonchev–Trinajstić information content (AvgIpc) is 3.15. The lowest BCUT2D eigenvalue weighted by Crippen LogP contribution is -1.93. The number of rotatable bonds is 4. The molecule has 0 fully saturated rings. The van der Waals surface area contributed by atoms with E-state index in [0.29, 0.717) is 15.6 Å². The van der Waals surface area contributed by atoms with Crippen molar-refractivity contribution in [3.05, 3.63) is 64.3 Å². The van der Waals surface area contributed by atoms with E-state index in [1.807, 2.05) is 24.3 Å². The van der Waals surface area contributed by atoms with E-state index in [2.05, 4.69) is 15.3 Å². The number of nitrogens with one attached hydrogen (secondary N) is 1. The molecule has 0 amide bonds. The second kappa shape index (κ2) is 6.55. The molecule has 0 radical (unpaired) electrons. The molecule has 0 unspecified atom stereocenters. The highest BCUT2D eigenvalue weighted by Crippen LogP contribution is 2.19. The number of nitrogens with zero attached hydrogens (tertiary/aromatic N) is 3. The maximum absolute atomic E-state index is 5.89. The van der Waals surface area contributed by atoms with Crippen LogP contribution in [0, 0.1) is 4.77 Å². The first-order valence-electron chi connectivity index (χ1n) is 6.42. The van der Waals surface area contributed by atoms with Gasteiger partial charge in [-0.3, -0.25) is 0 Å². The summed E-state index contributed by atoms with van der Waals surface area (Å²) in [5, 5.41) is 11.9. The monoisotopic (exact) mass is 330 g/mol. The Balaban J connectivity index is 1.86. The van der Waals surface area contributed by atoms with Gasteiger partial charge in [-0.25, -0.2) is 5.10 Å². The molecule has 1 aromatic carbocycles. The van der Waals surface area contributed by atoms with Gasteiger partial charge in [0, 0.05) is 16.8 Å². The third kappa shape index (κ3) is 3.24. The second-order valence-electron chi connectivity index (χ2n) is 4.31. The van der Waals surface area contributed by atoms with Crippen molar-refractivity contribution in [3.8, 4) is 11.4 Å². The molecular formula is C15H11ClN4OS. The largest absolute Gasteiger partial charge is 0.465 e. The van der Waals surface area contributed by atoms with Crippen LogP contribution < -0.4 is 0 Å². The molecule has 3 aromatic rings. The Kier molecular flexibility index (Phi) is 4.32. The van der Waals surface area contributed by atoms with Crippen molar-refractivity contribution in [1.29, 1.82) is 0 Å². The van der Waals surface area contributed by atoms with Gasteiger partial charge in [0.2, 0.25) is 4.77 Å². The molecule has 1 N–H and O–H groups in total. The van der Waals surface area contributed by atoms with Gasteiger partial charge >= 0.3 is 0 Å². The van der Waals surface area contributed by atoms with E-state index in [1.165, 1.54) is 0 Å². The molecule has 5 nitrogen and oxygen atoms in total. The summed E-state index contributed by atoms with van der Waals surface area (Å²) in [6.07, 6.45) is 6.79. The Morgan fingerprint density at radius 2 is 2.09 bits per heavy atom. The predicted molar refractivity (Wildman–Crippen MR) is 89.5 cm³/mol. The zero-order chi connectivity index (χ0) is 15.4. The van der Waals surface area contributed by atoms with Gasteiger partial charge in [-0.05, 0) is 60.8 Å². The van der Waals surface area contributed by atoms with Crippen molar-refractivity contribution in [1.82, 2.24) is 14.9 Å². The Morgan fingerprint density at radius 3 is 2.82 bits per heavy atom. The third-order valence-corrected chi connectivity index (χ3v) is 3.34. The van der Waals surface area contributed by atoms with E-state index in [0.717, 1.165) is 11.3 Å². The number of allylic oxidation sites excluding steroid dienone is 1. The lowest BCUT2D eigenvalue weighted by atomic mass is 10.2. The molecule has 110 valence electrons. The molecule has 2 aromatic heterocycles. The standard InChI is InChI=1S/C15H11ClN4OS/c16-12-7-5-11(6-8-12)14-18-19-15(22)20(14)17-9-1-3-13-4-2-10-21-13/h1-10H,(H,19,22)/b3-1+,17-9+. The molecule has 7 heteroatoms. The molecule has 0 aliphatic rings. The highest BCUT2D eigenvalue weighted by molar-refractivity contribution is 7.71. The summed E-state index contributed by atoms with van der Waals surface area (Å²) in [5.41, 5.74) is 0.865. The van der Waals surface area contributed by atoms with Crippen LogP contribution in [-0.2, 0) is 0 Å². The van der Waals surface area contributed by atoms with Crippen LogP contribution in [0.3, 0.4) is 0 Å². The van der Waals surface area contributed by atoms with Gasteiger partial charge in [0.05, 0.1) is 6.26 Å². The van der Waals surface area contributed by atoms with Crippen molar-refractivity contribution in [2.24, 2.45) is 5.10 Å². The Bertz CT molecular complexity index is 860.